The maximum Gasteiger partial charge on any atom is 0.317 e. The summed E-state index contributed by atoms with van der Waals surface area (Å²) in [6, 6.07) is 0. The Morgan fingerprint density at radius 3 is 1.95 bits per heavy atom. The minimum atomic E-state index is -0.785. The maximum absolute atomic E-state index is 10.8. The lowest BCUT2D eigenvalue weighted by Gasteiger charge is -2.25. The van der Waals surface area contributed by atoms with Crippen LogP contribution in [0, 0.1) is 0 Å². The van der Waals surface area contributed by atoms with Gasteiger partial charge in [-0.05, 0) is 0 Å². The van der Waals surface area contributed by atoms with Crippen LogP contribution in [0.15, 0.2) is 0 Å². The number of hydrogen-bond donors (Lipinski definition) is 4. The molecule has 0 amide bonds. The molecule has 0 atom stereocenters. The zero-order valence-electron chi connectivity index (χ0n) is 11.9. The van der Waals surface area contributed by atoms with Crippen molar-refractivity contribution in [3.05, 3.63) is 0 Å². The number of nitrogens with zero attached hydrogens (tertiary/aromatic N) is 2. The van der Waals surface area contributed by atoms with Gasteiger partial charge in [-0.25, -0.2) is 4.89 Å². The molecule has 20 heavy (non-hydrogen) atoms. The highest BCUT2D eigenvalue weighted by Crippen LogP contribution is 1.90. The Kier molecular flexibility index (Phi) is 9.46. The Balaban J connectivity index is 2.32. The van der Waals surface area contributed by atoms with Crippen molar-refractivity contribution in [1.82, 2.24) is 20.4 Å². The zero-order valence-corrected chi connectivity index (χ0v) is 11.9. The highest BCUT2D eigenvalue weighted by molar-refractivity contribution is 5.69. The van der Waals surface area contributed by atoms with Crippen LogP contribution in [-0.2, 0) is 9.68 Å². The number of rotatable bonds is 5. The van der Waals surface area contributed by atoms with Crippen LogP contribution in [0.25, 0.3) is 0 Å². The third-order valence-corrected chi connectivity index (χ3v) is 3.28. The van der Waals surface area contributed by atoms with Gasteiger partial charge in [0.1, 0.15) is 0 Å². The van der Waals surface area contributed by atoms with Crippen molar-refractivity contribution in [2.75, 3.05) is 72.1 Å². The average Bonchev–Trinajstić information content (AvgIpc) is 2.40. The molecular formula is C12H26N4O4. The van der Waals surface area contributed by atoms with E-state index in [1.807, 2.05) is 4.90 Å². The van der Waals surface area contributed by atoms with E-state index < -0.39 is 5.97 Å². The Morgan fingerprint density at radius 2 is 1.50 bits per heavy atom. The number of hydrogen-bond acceptors (Lipinski definition) is 7. The quantitative estimate of drug-likeness (QED) is 0.353. The van der Waals surface area contributed by atoms with E-state index in [0.717, 1.165) is 52.4 Å². The maximum atomic E-state index is 10.8. The molecule has 1 aliphatic rings. The van der Waals surface area contributed by atoms with Crippen LogP contribution in [0.4, 0.5) is 0 Å². The molecule has 0 radical (unpaired) electrons. The molecule has 0 aliphatic carbocycles. The molecule has 4 N–H and O–H groups in total. The van der Waals surface area contributed by atoms with Crippen molar-refractivity contribution in [2.45, 2.75) is 0 Å². The van der Waals surface area contributed by atoms with Crippen LogP contribution in [0.2, 0.25) is 0 Å². The first-order chi connectivity index (χ1) is 9.72. The summed E-state index contributed by atoms with van der Waals surface area (Å²) in [5, 5.41) is 23.9. The molecule has 0 saturated carbocycles. The molecule has 8 nitrogen and oxygen atoms in total. The van der Waals surface area contributed by atoms with E-state index in [2.05, 4.69) is 20.4 Å². The highest BCUT2D eigenvalue weighted by Gasteiger charge is 2.10. The van der Waals surface area contributed by atoms with Gasteiger partial charge in [0.05, 0.1) is 13.2 Å². The Hall–Kier alpha value is -0.770. The first kappa shape index (κ1) is 17.3. The van der Waals surface area contributed by atoms with Gasteiger partial charge in [-0.3, -0.25) is 19.9 Å². The molecule has 0 spiro atoms. The summed E-state index contributed by atoms with van der Waals surface area (Å²) in [7, 11) is 0. The smallest absolute Gasteiger partial charge is 0.317 e. The van der Waals surface area contributed by atoms with Gasteiger partial charge in [-0.1, -0.05) is 0 Å². The molecule has 0 aromatic carbocycles. The lowest BCUT2D eigenvalue weighted by atomic mass is 10.4. The van der Waals surface area contributed by atoms with Gasteiger partial charge < -0.3 is 15.7 Å². The van der Waals surface area contributed by atoms with Crippen molar-refractivity contribution in [2.24, 2.45) is 0 Å². The van der Waals surface area contributed by atoms with Crippen LogP contribution in [0.1, 0.15) is 0 Å². The van der Waals surface area contributed by atoms with E-state index in [4.69, 9.17) is 10.4 Å². The van der Waals surface area contributed by atoms with Crippen molar-refractivity contribution in [3.8, 4) is 0 Å². The molecule has 0 aromatic rings. The molecule has 1 fully saturated rings. The van der Waals surface area contributed by atoms with Crippen LogP contribution in [0.3, 0.4) is 0 Å². The number of carboxylic acid groups (broad SMARTS) is 1. The molecular weight excluding hydrogens is 264 g/mol. The van der Waals surface area contributed by atoms with E-state index in [-0.39, 0.29) is 6.54 Å². The van der Waals surface area contributed by atoms with Crippen molar-refractivity contribution in [1.29, 1.82) is 0 Å². The Labute approximate surface area is 119 Å². The summed E-state index contributed by atoms with van der Waals surface area (Å²) in [5.74, 6) is -0.785. The number of carbonyl (C=O) groups is 1. The topological polar surface area (TPSA) is 97.3 Å². The lowest BCUT2D eigenvalue weighted by Crippen LogP contribution is -2.45. The minimum Gasteiger partial charge on any atom is -0.480 e. The van der Waals surface area contributed by atoms with Gasteiger partial charge in [0, 0.05) is 58.9 Å². The van der Waals surface area contributed by atoms with Gasteiger partial charge in [-0.2, -0.15) is 0 Å². The highest BCUT2D eigenvalue weighted by atomic mass is 17.1. The summed E-state index contributed by atoms with van der Waals surface area (Å²) in [6.07, 6.45) is 0. The molecule has 1 rings (SSSR count). The first-order valence-electron chi connectivity index (χ1n) is 7.06. The van der Waals surface area contributed by atoms with Crippen molar-refractivity contribution in [3.63, 3.8) is 0 Å². The molecule has 0 bridgehead atoms. The summed E-state index contributed by atoms with van der Waals surface area (Å²) < 4.78 is 0. The van der Waals surface area contributed by atoms with E-state index in [9.17, 15) is 4.79 Å². The zero-order chi connectivity index (χ0) is 14.6. The van der Waals surface area contributed by atoms with Crippen molar-refractivity contribution < 1.29 is 20.0 Å². The predicted octanol–water partition coefficient (Wildman–Crippen LogP) is -1.64. The van der Waals surface area contributed by atoms with E-state index in [1.54, 1.807) is 0 Å². The normalized spacial score (nSPS) is 21.1. The SMILES string of the molecule is O=C(O)CN1CCNCCN(CCOO)CCNCC1. The largest absolute Gasteiger partial charge is 0.480 e. The molecule has 0 aromatic heterocycles. The van der Waals surface area contributed by atoms with Gasteiger partial charge in [0.25, 0.3) is 0 Å². The summed E-state index contributed by atoms with van der Waals surface area (Å²) in [6.45, 7) is 7.55. The van der Waals surface area contributed by atoms with Gasteiger partial charge in [0.2, 0.25) is 0 Å². The standard InChI is InChI=1S/C12H26N4O4/c17-12(18)11-16-7-3-13-1-5-15(9-10-20-19)6-2-14-4-8-16/h13-14,19H,1-11H2,(H,17,18). The van der Waals surface area contributed by atoms with Crippen LogP contribution < -0.4 is 10.6 Å². The Bertz CT molecular complexity index is 254. The average molecular weight is 290 g/mol. The summed E-state index contributed by atoms with van der Waals surface area (Å²) >= 11 is 0. The summed E-state index contributed by atoms with van der Waals surface area (Å²) in [4.78, 5) is 19.0. The van der Waals surface area contributed by atoms with Gasteiger partial charge >= 0.3 is 5.97 Å². The fraction of sp³-hybridized carbons (Fsp3) is 0.917. The second-order valence-corrected chi connectivity index (χ2v) is 4.84. The third kappa shape index (κ3) is 8.41. The molecule has 8 heteroatoms. The minimum absolute atomic E-state index is 0.0866. The van der Waals surface area contributed by atoms with Gasteiger partial charge in [0.15, 0.2) is 0 Å². The van der Waals surface area contributed by atoms with Crippen LogP contribution in [0.5, 0.6) is 0 Å². The lowest BCUT2D eigenvalue weighted by molar-refractivity contribution is -0.243. The molecule has 118 valence electrons. The number of aliphatic carboxylic acids is 1. The number of nitrogens with one attached hydrogen (secondary N) is 2. The van der Waals surface area contributed by atoms with E-state index in [1.165, 1.54) is 0 Å². The molecule has 1 saturated heterocycles. The first-order valence-corrected chi connectivity index (χ1v) is 7.06. The number of carboxylic acids is 1. The second kappa shape index (κ2) is 11.0. The fourth-order valence-electron chi connectivity index (χ4n) is 2.17. The molecule has 0 unspecified atom stereocenters. The monoisotopic (exact) mass is 290 g/mol. The molecule has 1 heterocycles. The fourth-order valence-corrected chi connectivity index (χ4v) is 2.17. The second-order valence-electron chi connectivity index (χ2n) is 4.84. The van der Waals surface area contributed by atoms with Crippen molar-refractivity contribution >= 4 is 5.97 Å². The van der Waals surface area contributed by atoms with Gasteiger partial charge in [-0.15, -0.1) is 0 Å². The summed E-state index contributed by atoms with van der Waals surface area (Å²) in [5.41, 5.74) is 0. The molecule has 1 aliphatic heterocycles. The van der Waals surface area contributed by atoms with Crippen LogP contribution in [-0.4, -0.2) is 98.2 Å². The van der Waals surface area contributed by atoms with Crippen LogP contribution >= 0.6 is 0 Å². The third-order valence-electron chi connectivity index (χ3n) is 3.28. The van der Waals surface area contributed by atoms with E-state index in [0.29, 0.717) is 13.2 Å². The van der Waals surface area contributed by atoms with E-state index >= 15 is 0 Å². The predicted molar refractivity (Wildman–Crippen MR) is 74.8 cm³/mol. The Morgan fingerprint density at radius 1 is 1.00 bits per heavy atom.